The molecule has 0 unspecified atom stereocenters. The molecule has 0 aliphatic carbocycles. The van der Waals surface area contributed by atoms with Gasteiger partial charge in [-0.05, 0) is 25.5 Å². The van der Waals surface area contributed by atoms with Crippen LogP contribution in [0.2, 0.25) is 0 Å². The van der Waals surface area contributed by atoms with E-state index in [0.717, 1.165) is 36.4 Å². The molecule has 25 heavy (non-hydrogen) atoms. The van der Waals surface area contributed by atoms with Crippen molar-refractivity contribution >= 4 is 37.5 Å². The first-order chi connectivity index (χ1) is 12.0. The minimum absolute atomic E-state index is 0.100. The second-order valence-electron chi connectivity index (χ2n) is 5.98. The van der Waals surface area contributed by atoms with Gasteiger partial charge in [-0.15, -0.1) is 11.3 Å². The second kappa shape index (κ2) is 6.24. The lowest BCUT2D eigenvalue weighted by Crippen LogP contribution is -2.09. The van der Waals surface area contributed by atoms with Crippen LogP contribution in [0, 0.1) is 13.8 Å². The van der Waals surface area contributed by atoms with Crippen LogP contribution in [0.25, 0.3) is 32.7 Å². The van der Waals surface area contributed by atoms with Crippen molar-refractivity contribution in [3.8, 4) is 22.5 Å². The van der Waals surface area contributed by atoms with Gasteiger partial charge >= 0.3 is 0 Å². The predicted molar refractivity (Wildman–Crippen MR) is 108 cm³/mol. The number of benzene rings is 2. The molecule has 5 heteroatoms. The molecule has 0 radical (unpaired) electrons. The van der Waals surface area contributed by atoms with Gasteiger partial charge in [0.1, 0.15) is 10.7 Å². The van der Waals surface area contributed by atoms with Crippen molar-refractivity contribution in [2.75, 3.05) is 0 Å². The van der Waals surface area contributed by atoms with E-state index in [0.29, 0.717) is 11.2 Å². The van der Waals surface area contributed by atoms with E-state index in [1.165, 1.54) is 0 Å². The Kier molecular flexibility index (Phi) is 4.06. The molecule has 2 aromatic heterocycles. The molecule has 3 nitrogen and oxygen atoms in total. The fourth-order valence-corrected chi connectivity index (χ4v) is 4.49. The van der Waals surface area contributed by atoms with Crippen LogP contribution in [0.1, 0.15) is 10.4 Å². The lowest BCUT2D eigenvalue weighted by Gasteiger charge is -2.07. The van der Waals surface area contributed by atoms with Crippen LogP contribution in [0.4, 0.5) is 0 Å². The van der Waals surface area contributed by atoms with Crippen molar-refractivity contribution in [3.63, 3.8) is 0 Å². The molecule has 0 aliphatic rings. The lowest BCUT2D eigenvalue weighted by atomic mass is 10.0. The Bertz CT molecular complexity index is 1150. The molecule has 0 bridgehead atoms. The summed E-state index contributed by atoms with van der Waals surface area (Å²) in [5.41, 5.74) is 3.96. The molecule has 2 heterocycles. The van der Waals surface area contributed by atoms with Gasteiger partial charge in [-0.2, -0.15) is 0 Å². The van der Waals surface area contributed by atoms with E-state index in [2.05, 4.69) is 33.9 Å². The average Bonchev–Trinajstić information content (AvgIpc) is 2.94. The maximum Gasteiger partial charge on any atom is 0.260 e. The number of aromatic nitrogens is 2. The Balaban J connectivity index is 2.01. The third kappa shape index (κ3) is 2.83. The fraction of sp³-hybridized carbons (Fsp3) is 0.100. The van der Waals surface area contributed by atoms with Crippen molar-refractivity contribution in [1.29, 1.82) is 0 Å². The maximum absolute atomic E-state index is 12.9. The number of hydrogen-bond acceptors (Lipinski definition) is 3. The molecule has 124 valence electrons. The molecule has 4 aromatic rings. The van der Waals surface area contributed by atoms with Crippen LogP contribution in [0.5, 0.6) is 0 Å². The van der Waals surface area contributed by atoms with Gasteiger partial charge in [0.15, 0.2) is 0 Å². The van der Waals surface area contributed by atoms with Crippen LogP contribution < -0.4 is 5.56 Å². The normalized spacial score (nSPS) is 11.2. The number of thiophene rings is 1. The van der Waals surface area contributed by atoms with Gasteiger partial charge in [0.2, 0.25) is 0 Å². The van der Waals surface area contributed by atoms with Crippen LogP contribution in [-0.2, 0) is 0 Å². The number of nitrogens with zero attached hydrogens (tertiary/aromatic N) is 1. The minimum Gasteiger partial charge on any atom is -0.306 e. The number of rotatable bonds is 2. The van der Waals surface area contributed by atoms with Crippen molar-refractivity contribution in [2.24, 2.45) is 0 Å². The van der Waals surface area contributed by atoms with Crippen molar-refractivity contribution in [3.05, 3.63) is 73.8 Å². The smallest absolute Gasteiger partial charge is 0.260 e. The summed E-state index contributed by atoms with van der Waals surface area (Å²) in [4.78, 5) is 22.4. The average molecular weight is 411 g/mol. The largest absolute Gasteiger partial charge is 0.306 e. The highest BCUT2D eigenvalue weighted by Crippen LogP contribution is 2.39. The van der Waals surface area contributed by atoms with E-state index >= 15 is 0 Å². The quantitative estimate of drug-likeness (QED) is 0.460. The number of halogens is 1. The Hall–Kier alpha value is -2.24. The SMILES string of the molecule is Cc1ccc(Br)c(-c2c(C)sc3nc(-c4ccccc4)[nH]c(=O)c23)c1. The molecule has 0 atom stereocenters. The van der Waals surface area contributed by atoms with Crippen LogP contribution >= 0.6 is 27.3 Å². The highest BCUT2D eigenvalue weighted by molar-refractivity contribution is 9.10. The zero-order chi connectivity index (χ0) is 17.6. The molecule has 1 N–H and O–H groups in total. The number of nitrogens with one attached hydrogen (secondary N) is 1. The summed E-state index contributed by atoms with van der Waals surface area (Å²) in [6, 6.07) is 15.9. The van der Waals surface area contributed by atoms with E-state index < -0.39 is 0 Å². The van der Waals surface area contributed by atoms with Gasteiger partial charge in [-0.3, -0.25) is 4.79 Å². The van der Waals surface area contributed by atoms with Crippen molar-refractivity contribution in [2.45, 2.75) is 13.8 Å². The molecule has 0 saturated heterocycles. The Morgan fingerprint density at radius 3 is 2.60 bits per heavy atom. The van der Waals surface area contributed by atoms with Gasteiger partial charge in [-0.1, -0.05) is 64.0 Å². The summed E-state index contributed by atoms with van der Waals surface area (Å²) in [5.74, 6) is 0.606. The van der Waals surface area contributed by atoms with Crippen LogP contribution in [0.15, 0.2) is 57.8 Å². The summed E-state index contributed by atoms with van der Waals surface area (Å²) in [6.45, 7) is 4.09. The minimum atomic E-state index is -0.100. The Morgan fingerprint density at radius 2 is 1.84 bits per heavy atom. The van der Waals surface area contributed by atoms with E-state index in [4.69, 9.17) is 4.98 Å². The number of aromatic amines is 1. The third-order valence-electron chi connectivity index (χ3n) is 4.18. The van der Waals surface area contributed by atoms with E-state index in [-0.39, 0.29) is 5.56 Å². The number of aryl methyl sites for hydroxylation is 2. The predicted octanol–water partition coefficient (Wildman–Crippen LogP) is 5.70. The summed E-state index contributed by atoms with van der Waals surface area (Å²) in [6.07, 6.45) is 0. The molecular formula is C20H15BrN2OS. The molecule has 2 aromatic carbocycles. The molecule has 0 amide bonds. The summed E-state index contributed by atoms with van der Waals surface area (Å²) in [5, 5.41) is 0.661. The number of H-pyrrole nitrogens is 1. The van der Waals surface area contributed by atoms with Crippen LogP contribution in [-0.4, -0.2) is 9.97 Å². The zero-order valence-corrected chi connectivity index (χ0v) is 16.2. The lowest BCUT2D eigenvalue weighted by molar-refractivity contribution is 1.19. The summed E-state index contributed by atoms with van der Waals surface area (Å²) in [7, 11) is 0. The molecule has 0 saturated carbocycles. The monoisotopic (exact) mass is 410 g/mol. The van der Waals surface area contributed by atoms with Crippen molar-refractivity contribution in [1.82, 2.24) is 9.97 Å². The summed E-state index contributed by atoms with van der Waals surface area (Å²) < 4.78 is 0.979. The standard InChI is InChI=1S/C20H15BrN2OS/c1-11-8-9-15(21)14(10-11)16-12(2)25-20-17(16)19(24)22-18(23-20)13-6-4-3-5-7-13/h3-10H,1-2H3,(H,22,23,24). The van der Waals surface area contributed by atoms with Gasteiger partial charge in [0.05, 0.1) is 5.39 Å². The van der Waals surface area contributed by atoms with Gasteiger partial charge in [0, 0.05) is 20.5 Å². The van der Waals surface area contributed by atoms with Gasteiger partial charge in [0.25, 0.3) is 5.56 Å². The van der Waals surface area contributed by atoms with E-state index in [1.54, 1.807) is 11.3 Å². The Morgan fingerprint density at radius 1 is 1.08 bits per heavy atom. The highest BCUT2D eigenvalue weighted by Gasteiger charge is 2.18. The highest BCUT2D eigenvalue weighted by atomic mass is 79.9. The van der Waals surface area contributed by atoms with Gasteiger partial charge < -0.3 is 4.98 Å². The fourth-order valence-electron chi connectivity index (χ4n) is 3.01. The van der Waals surface area contributed by atoms with Crippen LogP contribution in [0.3, 0.4) is 0 Å². The Labute approximate surface area is 157 Å². The molecule has 0 aliphatic heterocycles. The maximum atomic E-state index is 12.9. The first-order valence-electron chi connectivity index (χ1n) is 7.90. The molecule has 0 fully saturated rings. The van der Waals surface area contributed by atoms with E-state index in [1.807, 2.05) is 49.4 Å². The zero-order valence-electron chi connectivity index (χ0n) is 13.8. The van der Waals surface area contributed by atoms with Crippen molar-refractivity contribution < 1.29 is 0 Å². The third-order valence-corrected chi connectivity index (χ3v) is 5.87. The topological polar surface area (TPSA) is 45.8 Å². The first kappa shape index (κ1) is 16.2. The number of hydrogen-bond donors (Lipinski definition) is 1. The van der Waals surface area contributed by atoms with E-state index in [9.17, 15) is 4.79 Å². The molecule has 4 rings (SSSR count). The first-order valence-corrected chi connectivity index (χ1v) is 9.51. The second-order valence-corrected chi connectivity index (χ2v) is 8.03. The molecule has 0 spiro atoms. The summed E-state index contributed by atoms with van der Waals surface area (Å²) >= 11 is 5.18. The molecular weight excluding hydrogens is 396 g/mol. The van der Waals surface area contributed by atoms with Gasteiger partial charge in [-0.25, -0.2) is 4.98 Å². The number of fused-ring (bicyclic) bond motifs is 1.